The highest BCUT2D eigenvalue weighted by atomic mass is 16.5. The lowest BCUT2D eigenvalue weighted by Crippen LogP contribution is -2.35. The molecule has 1 N–H and O–H groups in total. The van der Waals surface area contributed by atoms with Gasteiger partial charge in [0.1, 0.15) is 18.4 Å². The van der Waals surface area contributed by atoms with Crippen LogP contribution in [0.2, 0.25) is 0 Å². The van der Waals surface area contributed by atoms with Crippen molar-refractivity contribution in [3.05, 3.63) is 29.8 Å². The van der Waals surface area contributed by atoms with Gasteiger partial charge >= 0.3 is 6.03 Å². The van der Waals surface area contributed by atoms with Gasteiger partial charge in [-0.3, -0.25) is 9.69 Å². The second-order valence-electron chi connectivity index (χ2n) is 5.78. The van der Waals surface area contributed by atoms with Gasteiger partial charge in [0.05, 0.1) is 6.54 Å². The van der Waals surface area contributed by atoms with E-state index < -0.39 is 6.04 Å². The van der Waals surface area contributed by atoms with Crippen LogP contribution in [0.15, 0.2) is 24.3 Å². The van der Waals surface area contributed by atoms with Gasteiger partial charge in [-0.15, -0.1) is 0 Å². The molecule has 2 rings (SSSR count). The molecule has 0 aliphatic carbocycles. The predicted octanol–water partition coefficient (Wildman–Crippen LogP) is 2.34. The highest BCUT2D eigenvalue weighted by molar-refractivity contribution is 6.04. The summed E-state index contributed by atoms with van der Waals surface area (Å²) in [4.78, 5) is 25.2. The van der Waals surface area contributed by atoms with E-state index in [1.165, 1.54) is 4.90 Å². The number of nitrogens with zero attached hydrogens (tertiary/aromatic N) is 1. The number of ether oxygens (including phenoxy) is 1. The Morgan fingerprint density at radius 1 is 1.24 bits per heavy atom. The molecule has 114 valence electrons. The maximum atomic E-state index is 12.1. The quantitative estimate of drug-likeness (QED) is 0.818. The van der Waals surface area contributed by atoms with E-state index in [1.54, 1.807) is 0 Å². The minimum absolute atomic E-state index is 0.152. The Hall–Kier alpha value is -2.04. The molecule has 1 aliphatic heterocycles. The minimum Gasteiger partial charge on any atom is -0.492 e. The molecule has 0 aromatic heterocycles. The lowest BCUT2D eigenvalue weighted by molar-refractivity contribution is -0.128. The van der Waals surface area contributed by atoms with Crippen molar-refractivity contribution in [3.8, 4) is 5.75 Å². The van der Waals surface area contributed by atoms with Crippen LogP contribution < -0.4 is 10.1 Å². The van der Waals surface area contributed by atoms with E-state index in [0.717, 1.165) is 11.3 Å². The van der Waals surface area contributed by atoms with E-state index >= 15 is 0 Å². The van der Waals surface area contributed by atoms with Gasteiger partial charge < -0.3 is 10.1 Å². The molecule has 1 heterocycles. The topological polar surface area (TPSA) is 58.6 Å². The predicted molar refractivity (Wildman–Crippen MR) is 80.2 cm³/mol. The van der Waals surface area contributed by atoms with Gasteiger partial charge in [0.25, 0.3) is 5.91 Å². The zero-order chi connectivity index (χ0) is 15.4. The van der Waals surface area contributed by atoms with Crippen molar-refractivity contribution in [1.29, 1.82) is 0 Å². The van der Waals surface area contributed by atoms with Gasteiger partial charge in [0, 0.05) is 0 Å². The first-order chi connectivity index (χ1) is 9.97. The standard InChI is InChI=1S/C16H22N2O3/c1-11(2)10-14-15(19)18(16(20)17-14)8-9-21-13-6-4-12(3)5-7-13/h4-7,11,14H,8-10H2,1-3H3,(H,17,20)/t14-/m0/s1. The Morgan fingerprint density at radius 3 is 2.52 bits per heavy atom. The lowest BCUT2D eigenvalue weighted by Gasteiger charge is -2.14. The van der Waals surface area contributed by atoms with Gasteiger partial charge in [-0.2, -0.15) is 0 Å². The van der Waals surface area contributed by atoms with Gasteiger partial charge in [-0.25, -0.2) is 4.79 Å². The molecule has 1 aromatic carbocycles. The van der Waals surface area contributed by atoms with Crippen molar-refractivity contribution >= 4 is 11.9 Å². The number of carbonyl (C=O) groups is 2. The summed E-state index contributed by atoms with van der Waals surface area (Å²) in [6.45, 7) is 6.64. The molecule has 1 atom stereocenters. The molecule has 5 heteroatoms. The number of aryl methyl sites for hydroxylation is 1. The second-order valence-corrected chi connectivity index (χ2v) is 5.78. The van der Waals surface area contributed by atoms with Gasteiger partial charge in [0.15, 0.2) is 0 Å². The summed E-state index contributed by atoms with van der Waals surface area (Å²) in [5, 5.41) is 2.72. The number of rotatable bonds is 6. The average Bonchev–Trinajstić information content (AvgIpc) is 2.67. The van der Waals surface area contributed by atoms with Gasteiger partial charge in [-0.1, -0.05) is 31.5 Å². The number of imide groups is 1. The zero-order valence-corrected chi connectivity index (χ0v) is 12.8. The molecule has 0 bridgehead atoms. The van der Waals surface area contributed by atoms with Crippen LogP contribution in [0.3, 0.4) is 0 Å². The van der Waals surface area contributed by atoms with E-state index in [0.29, 0.717) is 18.9 Å². The van der Waals surface area contributed by atoms with Crippen LogP contribution in [0.5, 0.6) is 5.75 Å². The van der Waals surface area contributed by atoms with E-state index in [1.807, 2.05) is 45.0 Å². The van der Waals surface area contributed by atoms with Crippen LogP contribution >= 0.6 is 0 Å². The van der Waals surface area contributed by atoms with E-state index in [9.17, 15) is 9.59 Å². The van der Waals surface area contributed by atoms with Crippen LogP contribution in [0.4, 0.5) is 4.79 Å². The van der Waals surface area contributed by atoms with Crippen molar-refractivity contribution in [2.45, 2.75) is 33.2 Å². The number of amides is 3. The number of nitrogens with one attached hydrogen (secondary N) is 1. The van der Waals surface area contributed by atoms with E-state index in [2.05, 4.69) is 5.32 Å². The summed E-state index contributed by atoms with van der Waals surface area (Å²) in [7, 11) is 0. The van der Waals surface area contributed by atoms with Crippen LogP contribution in [0, 0.1) is 12.8 Å². The number of hydrogen-bond donors (Lipinski definition) is 1. The second kappa shape index (κ2) is 6.61. The van der Waals surface area contributed by atoms with Crippen molar-refractivity contribution in [3.63, 3.8) is 0 Å². The summed E-state index contributed by atoms with van der Waals surface area (Å²) in [5.74, 6) is 0.954. The number of urea groups is 1. The summed E-state index contributed by atoms with van der Waals surface area (Å²) in [5.41, 5.74) is 1.16. The fourth-order valence-electron chi connectivity index (χ4n) is 2.31. The van der Waals surface area contributed by atoms with E-state index in [-0.39, 0.29) is 18.5 Å². The summed E-state index contributed by atoms with van der Waals surface area (Å²) < 4.78 is 5.56. The molecule has 0 radical (unpaired) electrons. The maximum absolute atomic E-state index is 12.1. The highest BCUT2D eigenvalue weighted by Crippen LogP contribution is 2.15. The largest absolute Gasteiger partial charge is 0.492 e. The first kappa shape index (κ1) is 15.4. The average molecular weight is 290 g/mol. The SMILES string of the molecule is Cc1ccc(OCCN2C(=O)N[C@@H](CC(C)C)C2=O)cc1. The first-order valence-corrected chi connectivity index (χ1v) is 7.28. The van der Waals surface area contributed by atoms with Crippen molar-refractivity contribution in [2.75, 3.05) is 13.2 Å². The number of hydrogen-bond acceptors (Lipinski definition) is 3. The fraction of sp³-hybridized carbons (Fsp3) is 0.500. The van der Waals surface area contributed by atoms with Gasteiger partial charge in [-0.05, 0) is 31.4 Å². The van der Waals surface area contributed by atoms with Crippen molar-refractivity contribution < 1.29 is 14.3 Å². The Balaban J connectivity index is 1.84. The van der Waals surface area contributed by atoms with Crippen LogP contribution in [-0.4, -0.2) is 36.0 Å². The molecule has 1 fully saturated rings. The highest BCUT2D eigenvalue weighted by Gasteiger charge is 2.37. The maximum Gasteiger partial charge on any atom is 0.324 e. The van der Waals surface area contributed by atoms with Gasteiger partial charge in [0.2, 0.25) is 0 Å². The van der Waals surface area contributed by atoms with Crippen LogP contribution in [0.1, 0.15) is 25.8 Å². The molecular weight excluding hydrogens is 268 g/mol. The van der Waals surface area contributed by atoms with Crippen molar-refractivity contribution in [1.82, 2.24) is 10.2 Å². The summed E-state index contributed by atoms with van der Waals surface area (Å²) >= 11 is 0. The molecule has 1 aromatic rings. The number of benzene rings is 1. The molecule has 5 nitrogen and oxygen atoms in total. The third-order valence-corrected chi connectivity index (χ3v) is 3.42. The Labute approximate surface area is 125 Å². The smallest absolute Gasteiger partial charge is 0.324 e. The van der Waals surface area contributed by atoms with Crippen molar-refractivity contribution in [2.24, 2.45) is 5.92 Å². The lowest BCUT2D eigenvalue weighted by atomic mass is 10.0. The summed E-state index contributed by atoms with van der Waals surface area (Å²) in [6.07, 6.45) is 0.667. The Bertz CT molecular complexity index is 511. The van der Waals surface area contributed by atoms with E-state index in [4.69, 9.17) is 4.74 Å². The van der Waals surface area contributed by atoms with Crippen LogP contribution in [-0.2, 0) is 4.79 Å². The Morgan fingerprint density at radius 2 is 1.90 bits per heavy atom. The molecule has 0 unspecified atom stereocenters. The summed E-state index contributed by atoms with van der Waals surface area (Å²) in [6, 6.07) is 6.96. The minimum atomic E-state index is -0.392. The molecule has 1 aliphatic rings. The molecule has 3 amide bonds. The zero-order valence-electron chi connectivity index (χ0n) is 12.8. The monoisotopic (exact) mass is 290 g/mol. The third-order valence-electron chi connectivity index (χ3n) is 3.42. The Kier molecular flexibility index (Phi) is 4.83. The number of carbonyl (C=O) groups excluding carboxylic acids is 2. The fourth-order valence-corrected chi connectivity index (χ4v) is 2.31. The molecule has 1 saturated heterocycles. The molecule has 0 saturated carbocycles. The molecule has 21 heavy (non-hydrogen) atoms. The molecular formula is C16H22N2O3. The molecule has 0 spiro atoms. The normalized spacial score (nSPS) is 18.3. The first-order valence-electron chi connectivity index (χ1n) is 7.28. The van der Waals surface area contributed by atoms with Crippen LogP contribution in [0.25, 0.3) is 0 Å². The third kappa shape index (κ3) is 3.97.